The normalized spacial score (nSPS) is 18.1. The molecule has 1 aliphatic heterocycles. The lowest BCUT2D eigenvalue weighted by Gasteiger charge is -2.15. The van der Waals surface area contributed by atoms with Crippen molar-refractivity contribution >= 4 is 23.4 Å². The number of para-hydroxylation sites is 1. The van der Waals surface area contributed by atoms with Crippen LogP contribution in [-0.4, -0.2) is 36.9 Å². The van der Waals surface area contributed by atoms with Gasteiger partial charge in [0.2, 0.25) is 11.8 Å². The van der Waals surface area contributed by atoms with Crippen LogP contribution in [0, 0.1) is 0 Å². The van der Waals surface area contributed by atoms with Crippen LogP contribution in [0.15, 0.2) is 30.3 Å². The lowest BCUT2D eigenvalue weighted by molar-refractivity contribution is -0.121. The van der Waals surface area contributed by atoms with Crippen LogP contribution in [0.25, 0.3) is 0 Å². The Hall–Kier alpha value is -2.21. The van der Waals surface area contributed by atoms with Crippen molar-refractivity contribution < 1.29 is 14.4 Å². The molecule has 6 nitrogen and oxygen atoms in total. The Balaban J connectivity index is 1.94. The van der Waals surface area contributed by atoms with Gasteiger partial charge in [-0.15, -0.1) is 0 Å². The molecule has 0 saturated carbocycles. The third kappa shape index (κ3) is 3.66. The number of rotatable bonds is 6. The number of amides is 3. The maximum Gasteiger partial charge on any atom is 0.251 e. The van der Waals surface area contributed by atoms with Gasteiger partial charge >= 0.3 is 0 Å². The molecule has 1 saturated heterocycles. The minimum atomic E-state index is -0.634. The summed E-state index contributed by atoms with van der Waals surface area (Å²) in [7, 11) is 0. The van der Waals surface area contributed by atoms with E-state index in [9.17, 15) is 14.4 Å². The zero-order valence-corrected chi connectivity index (χ0v) is 12.0. The van der Waals surface area contributed by atoms with Gasteiger partial charge < -0.3 is 5.32 Å². The van der Waals surface area contributed by atoms with Crippen molar-refractivity contribution in [2.75, 3.05) is 18.0 Å². The van der Waals surface area contributed by atoms with Crippen LogP contribution in [0.3, 0.4) is 0 Å². The van der Waals surface area contributed by atoms with Crippen molar-refractivity contribution in [2.45, 2.75) is 25.8 Å². The van der Waals surface area contributed by atoms with E-state index < -0.39 is 6.04 Å². The Morgan fingerprint density at radius 2 is 2.00 bits per heavy atom. The van der Waals surface area contributed by atoms with E-state index in [1.165, 1.54) is 4.90 Å². The molecule has 0 bridgehead atoms. The molecule has 3 amide bonds. The van der Waals surface area contributed by atoms with Crippen LogP contribution < -0.4 is 15.5 Å². The van der Waals surface area contributed by atoms with Gasteiger partial charge in [-0.3, -0.25) is 19.7 Å². The molecule has 112 valence electrons. The van der Waals surface area contributed by atoms with Crippen LogP contribution in [0.4, 0.5) is 5.69 Å². The monoisotopic (exact) mass is 289 g/mol. The molecule has 1 atom stereocenters. The number of nitrogens with one attached hydrogen (secondary N) is 2. The summed E-state index contributed by atoms with van der Waals surface area (Å²) in [4.78, 5) is 36.9. The molecule has 0 aliphatic carbocycles. The fourth-order valence-electron chi connectivity index (χ4n) is 2.18. The van der Waals surface area contributed by atoms with E-state index >= 15 is 0 Å². The Morgan fingerprint density at radius 1 is 1.29 bits per heavy atom. The second-order valence-electron chi connectivity index (χ2n) is 4.89. The average molecular weight is 289 g/mol. The Kier molecular flexibility index (Phi) is 5.05. The zero-order valence-electron chi connectivity index (χ0n) is 12.0. The average Bonchev–Trinajstić information content (AvgIpc) is 2.78. The molecular formula is C15H19N3O3. The zero-order chi connectivity index (χ0) is 15.2. The fourth-order valence-corrected chi connectivity index (χ4v) is 2.18. The summed E-state index contributed by atoms with van der Waals surface area (Å²) in [6.07, 6.45) is 0.934. The molecule has 21 heavy (non-hydrogen) atoms. The largest absolute Gasteiger partial charge is 0.355 e. The molecule has 1 heterocycles. The van der Waals surface area contributed by atoms with Crippen LogP contribution >= 0.6 is 0 Å². The molecule has 2 rings (SSSR count). The summed E-state index contributed by atoms with van der Waals surface area (Å²) >= 11 is 0. The van der Waals surface area contributed by atoms with Gasteiger partial charge in [0.05, 0.1) is 24.7 Å². The number of nitrogens with zero attached hydrogens (tertiary/aromatic N) is 1. The van der Waals surface area contributed by atoms with E-state index in [1.807, 2.05) is 13.0 Å². The first kappa shape index (κ1) is 15.2. The Bertz CT molecular complexity index is 530. The van der Waals surface area contributed by atoms with Crippen molar-refractivity contribution in [2.24, 2.45) is 0 Å². The molecule has 0 radical (unpaired) electrons. The van der Waals surface area contributed by atoms with Crippen LogP contribution in [0.1, 0.15) is 19.8 Å². The molecule has 1 unspecified atom stereocenters. The Morgan fingerprint density at radius 3 is 2.67 bits per heavy atom. The Labute approximate surface area is 123 Å². The van der Waals surface area contributed by atoms with Crippen molar-refractivity contribution in [1.82, 2.24) is 10.6 Å². The molecular weight excluding hydrogens is 270 g/mol. The standard InChI is InChI=1S/C15H19N3O3/c1-2-8-16-13(19)10-17-12-9-14(20)18(15(12)21)11-6-4-3-5-7-11/h3-7,12,17H,2,8-10H2,1H3,(H,16,19). The molecule has 2 N–H and O–H groups in total. The second-order valence-corrected chi connectivity index (χ2v) is 4.89. The molecule has 1 aliphatic rings. The highest BCUT2D eigenvalue weighted by Crippen LogP contribution is 2.22. The second kappa shape index (κ2) is 6.99. The van der Waals surface area contributed by atoms with Crippen molar-refractivity contribution in [3.05, 3.63) is 30.3 Å². The van der Waals surface area contributed by atoms with E-state index in [2.05, 4.69) is 10.6 Å². The SMILES string of the molecule is CCCNC(=O)CNC1CC(=O)N(c2ccccc2)C1=O. The van der Waals surface area contributed by atoms with Gasteiger partial charge in [-0.2, -0.15) is 0 Å². The first-order valence-corrected chi connectivity index (χ1v) is 7.05. The molecule has 1 fully saturated rings. The summed E-state index contributed by atoms with van der Waals surface area (Å²) in [6.45, 7) is 2.60. The van der Waals surface area contributed by atoms with Gasteiger partial charge in [0.25, 0.3) is 5.91 Å². The number of anilines is 1. The number of hydrogen-bond donors (Lipinski definition) is 2. The number of carbonyl (C=O) groups excluding carboxylic acids is 3. The van der Waals surface area contributed by atoms with Gasteiger partial charge in [0.1, 0.15) is 0 Å². The molecule has 0 spiro atoms. The molecule has 6 heteroatoms. The highest BCUT2D eigenvalue weighted by Gasteiger charge is 2.39. The van der Waals surface area contributed by atoms with Crippen LogP contribution in [0.5, 0.6) is 0 Å². The summed E-state index contributed by atoms with van der Waals surface area (Å²) in [5.41, 5.74) is 0.562. The lowest BCUT2D eigenvalue weighted by Crippen LogP contribution is -2.43. The smallest absolute Gasteiger partial charge is 0.251 e. The van der Waals surface area contributed by atoms with Gasteiger partial charge in [-0.1, -0.05) is 25.1 Å². The van der Waals surface area contributed by atoms with Crippen LogP contribution in [0.2, 0.25) is 0 Å². The quantitative estimate of drug-likeness (QED) is 0.745. The number of benzene rings is 1. The maximum absolute atomic E-state index is 12.3. The van der Waals surface area contributed by atoms with Gasteiger partial charge in [0.15, 0.2) is 0 Å². The first-order chi connectivity index (χ1) is 10.1. The number of imide groups is 1. The minimum absolute atomic E-state index is 0.0340. The van der Waals surface area contributed by atoms with E-state index in [0.29, 0.717) is 12.2 Å². The highest BCUT2D eigenvalue weighted by atomic mass is 16.2. The van der Waals surface area contributed by atoms with Gasteiger partial charge in [0, 0.05) is 6.54 Å². The topological polar surface area (TPSA) is 78.5 Å². The van der Waals surface area contributed by atoms with Crippen molar-refractivity contribution in [3.8, 4) is 0 Å². The summed E-state index contributed by atoms with van der Waals surface area (Å²) in [6, 6.07) is 8.16. The van der Waals surface area contributed by atoms with Crippen molar-refractivity contribution in [1.29, 1.82) is 0 Å². The summed E-state index contributed by atoms with van der Waals surface area (Å²) < 4.78 is 0. The van der Waals surface area contributed by atoms with Gasteiger partial charge in [-0.05, 0) is 18.6 Å². The fraction of sp³-hybridized carbons (Fsp3) is 0.400. The van der Waals surface area contributed by atoms with Gasteiger partial charge in [-0.25, -0.2) is 4.90 Å². The lowest BCUT2D eigenvalue weighted by atomic mass is 10.2. The number of carbonyl (C=O) groups is 3. The van der Waals surface area contributed by atoms with Crippen LogP contribution in [-0.2, 0) is 14.4 Å². The van der Waals surface area contributed by atoms with Crippen molar-refractivity contribution in [3.63, 3.8) is 0 Å². The summed E-state index contributed by atoms with van der Waals surface area (Å²) in [5, 5.41) is 5.56. The van der Waals surface area contributed by atoms with E-state index in [-0.39, 0.29) is 30.7 Å². The predicted molar refractivity (Wildman–Crippen MR) is 78.6 cm³/mol. The summed E-state index contributed by atoms with van der Waals surface area (Å²) in [5.74, 6) is -0.734. The molecule has 0 aromatic heterocycles. The van der Waals surface area contributed by atoms with E-state index in [1.54, 1.807) is 24.3 Å². The molecule has 1 aromatic rings. The number of hydrogen-bond acceptors (Lipinski definition) is 4. The minimum Gasteiger partial charge on any atom is -0.355 e. The highest BCUT2D eigenvalue weighted by molar-refractivity contribution is 6.22. The molecule has 1 aromatic carbocycles. The third-order valence-electron chi connectivity index (χ3n) is 3.24. The predicted octanol–water partition coefficient (Wildman–Crippen LogP) is 0.434. The first-order valence-electron chi connectivity index (χ1n) is 7.05. The van der Waals surface area contributed by atoms with E-state index in [0.717, 1.165) is 6.42 Å². The van der Waals surface area contributed by atoms with E-state index in [4.69, 9.17) is 0 Å². The maximum atomic E-state index is 12.3. The third-order valence-corrected chi connectivity index (χ3v) is 3.24.